The van der Waals surface area contributed by atoms with Gasteiger partial charge in [-0.05, 0) is 43.0 Å². The maximum Gasteiger partial charge on any atom is 0.331 e. The predicted molar refractivity (Wildman–Crippen MR) is 188 cm³/mol. The van der Waals surface area contributed by atoms with Gasteiger partial charge in [0.1, 0.15) is 18.4 Å². The fourth-order valence-electron chi connectivity index (χ4n) is 5.10. The van der Waals surface area contributed by atoms with Crippen LogP contribution >= 0.6 is 12.6 Å². The zero-order valence-electron chi connectivity index (χ0n) is 30.1. The van der Waals surface area contributed by atoms with Crippen LogP contribution < -0.4 is 15.4 Å². The minimum Gasteiger partial charge on any atom is -0.491 e. The van der Waals surface area contributed by atoms with Gasteiger partial charge < -0.3 is 39.6 Å². The fraction of sp³-hybridized carbons (Fsp3) is 0.686. The minimum absolute atomic E-state index is 0.0449. The van der Waals surface area contributed by atoms with Crippen LogP contribution in [0.15, 0.2) is 35.9 Å². The summed E-state index contributed by atoms with van der Waals surface area (Å²) in [6.07, 6.45) is 1.59. The third kappa shape index (κ3) is 14.2. The van der Waals surface area contributed by atoms with Gasteiger partial charge in [-0.15, -0.1) is 0 Å². The zero-order valence-corrected chi connectivity index (χ0v) is 30.9. The second kappa shape index (κ2) is 20.7. The van der Waals surface area contributed by atoms with Crippen molar-refractivity contribution >= 4 is 30.4 Å². The Balaban J connectivity index is 2.89. The first-order valence-electron chi connectivity index (χ1n) is 16.2. The van der Waals surface area contributed by atoms with Crippen molar-refractivity contribution in [1.29, 1.82) is 0 Å². The van der Waals surface area contributed by atoms with E-state index in [0.717, 1.165) is 5.56 Å². The molecule has 47 heavy (non-hydrogen) atoms. The third-order valence-corrected chi connectivity index (χ3v) is 8.17. The highest BCUT2D eigenvalue weighted by Gasteiger charge is 2.41. The normalized spacial score (nSPS) is 14.4. The summed E-state index contributed by atoms with van der Waals surface area (Å²) in [7, 11) is 3.37. The number of nitrogens with one attached hydrogen (secondary N) is 2. The van der Waals surface area contributed by atoms with Crippen molar-refractivity contribution in [2.24, 2.45) is 11.3 Å². The fourth-order valence-corrected chi connectivity index (χ4v) is 5.22. The second-order valence-electron chi connectivity index (χ2n) is 13.5. The highest BCUT2D eigenvalue weighted by atomic mass is 32.1. The first kappa shape index (κ1) is 42.4. The molecule has 2 amide bonds. The number of likely N-dealkylation sites (N-methyl/N-ethyl adjacent to an activating group) is 2. The predicted octanol–water partition coefficient (Wildman–Crippen LogP) is 3.96. The number of hydrogen-bond acceptors (Lipinski definition) is 9. The molecular formula is C35H59N3O8S. The number of carboxylic acid groups (broad SMARTS) is 1. The van der Waals surface area contributed by atoms with Crippen LogP contribution in [0.2, 0.25) is 0 Å². The van der Waals surface area contributed by atoms with Gasteiger partial charge in [0.2, 0.25) is 11.8 Å². The lowest BCUT2D eigenvalue weighted by atomic mass is 9.76. The smallest absolute Gasteiger partial charge is 0.331 e. The number of ether oxygens (including phenoxy) is 4. The van der Waals surface area contributed by atoms with Crippen molar-refractivity contribution in [2.75, 3.05) is 66.1 Å². The van der Waals surface area contributed by atoms with Crippen molar-refractivity contribution in [3.63, 3.8) is 0 Å². The molecular weight excluding hydrogens is 622 g/mol. The van der Waals surface area contributed by atoms with Crippen molar-refractivity contribution < 1.29 is 38.4 Å². The highest BCUT2D eigenvalue weighted by molar-refractivity contribution is 7.80. The summed E-state index contributed by atoms with van der Waals surface area (Å²) in [5, 5.41) is 15.6. The van der Waals surface area contributed by atoms with Crippen LogP contribution in [0, 0.1) is 11.3 Å². The second-order valence-corrected chi connectivity index (χ2v) is 14.0. The SMILES string of the molecule is CN[C@H](C(=O)N[C@H](C(=O)N(C)[C@H](C=C(C)C(=O)O)C(C)C)C(C)(C)C)C(C)(C)c1ccc(OCCOCCOCCOCCS)cc1. The van der Waals surface area contributed by atoms with E-state index in [1.165, 1.54) is 11.8 Å². The van der Waals surface area contributed by atoms with E-state index >= 15 is 0 Å². The van der Waals surface area contributed by atoms with Crippen LogP contribution in [0.25, 0.3) is 0 Å². The van der Waals surface area contributed by atoms with Gasteiger partial charge in [-0.3, -0.25) is 9.59 Å². The number of thiol groups is 1. The van der Waals surface area contributed by atoms with Gasteiger partial charge in [0.05, 0.1) is 51.7 Å². The van der Waals surface area contributed by atoms with Crippen molar-refractivity contribution in [3.05, 3.63) is 41.5 Å². The third-order valence-electron chi connectivity index (χ3n) is 7.98. The Hall–Kier alpha value is -2.64. The monoisotopic (exact) mass is 681 g/mol. The summed E-state index contributed by atoms with van der Waals surface area (Å²) >= 11 is 4.08. The molecule has 3 atom stereocenters. The lowest BCUT2D eigenvalue weighted by Gasteiger charge is -2.40. The standard InChI is InChI=1S/C35H59N3O8S/c1-24(2)28(23-25(3)33(41)42)38(10)32(40)30(34(4,5)6)37-31(39)29(36-9)35(7,8)26-11-13-27(14-12-26)46-20-19-44-16-15-43-17-18-45-21-22-47/h11-14,23-24,28-30,36,47H,15-22H2,1-10H3,(H,37,39)(H,41,42)/t28-,29-,30-/m1/s1. The molecule has 0 aliphatic rings. The molecule has 0 fully saturated rings. The summed E-state index contributed by atoms with van der Waals surface area (Å²) in [5.41, 5.74) is -0.203. The van der Waals surface area contributed by atoms with Crippen LogP contribution in [0.5, 0.6) is 5.75 Å². The number of rotatable bonds is 22. The number of carbonyl (C=O) groups is 3. The molecule has 0 saturated heterocycles. The average molecular weight is 682 g/mol. The van der Waals surface area contributed by atoms with Crippen LogP contribution in [-0.4, -0.2) is 112 Å². The quantitative estimate of drug-likeness (QED) is 0.0815. The van der Waals surface area contributed by atoms with E-state index in [2.05, 4.69) is 23.3 Å². The van der Waals surface area contributed by atoms with Gasteiger partial charge in [-0.1, -0.05) is 66.7 Å². The van der Waals surface area contributed by atoms with E-state index in [1.54, 1.807) is 20.2 Å². The van der Waals surface area contributed by atoms with E-state index in [0.29, 0.717) is 57.8 Å². The summed E-state index contributed by atoms with van der Waals surface area (Å²) in [4.78, 5) is 40.8. The number of hydrogen-bond donors (Lipinski definition) is 4. The van der Waals surface area contributed by atoms with Crippen molar-refractivity contribution in [3.8, 4) is 5.75 Å². The Kier molecular flexibility index (Phi) is 18.6. The van der Waals surface area contributed by atoms with Crippen LogP contribution in [0.1, 0.15) is 61.0 Å². The van der Waals surface area contributed by atoms with Gasteiger partial charge in [0.15, 0.2) is 0 Å². The number of benzene rings is 1. The van der Waals surface area contributed by atoms with Crippen molar-refractivity contribution in [2.45, 2.75) is 78.9 Å². The topological polar surface area (TPSA) is 136 Å². The Labute approximate surface area is 287 Å². The molecule has 1 aromatic carbocycles. The Morgan fingerprint density at radius 3 is 1.85 bits per heavy atom. The van der Waals surface area contributed by atoms with Gasteiger partial charge in [0, 0.05) is 23.8 Å². The van der Waals surface area contributed by atoms with E-state index in [-0.39, 0.29) is 23.3 Å². The molecule has 1 rings (SSSR count). The lowest BCUT2D eigenvalue weighted by molar-refractivity contribution is -0.141. The van der Waals surface area contributed by atoms with E-state index in [4.69, 9.17) is 18.9 Å². The lowest BCUT2D eigenvalue weighted by Crippen LogP contribution is -2.61. The molecule has 0 heterocycles. The Morgan fingerprint density at radius 2 is 1.40 bits per heavy atom. The van der Waals surface area contributed by atoms with E-state index in [9.17, 15) is 19.5 Å². The van der Waals surface area contributed by atoms with Crippen molar-refractivity contribution in [1.82, 2.24) is 15.5 Å². The molecule has 0 radical (unpaired) electrons. The summed E-state index contributed by atoms with van der Waals surface area (Å²) < 4.78 is 22.1. The van der Waals surface area contributed by atoms with Crippen LogP contribution in [-0.2, 0) is 34.0 Å². The van der Waals surface area contributed by atoms with Crippen LogP contribution in [0.3, 0.4) is 0 Å². The molecule has 268 valence electrons. The molecule has 0 aromatic heterocycles. The van der Waals surface area contributed by atoms with Gasteiger partial charge in [-0.25, -0.2) is 4.79 Å². The van der Waals surface area contributed by atoms with E-state index in [1.807, 2.05) is 72.7 Å². The molecule has 1 aromatic rings. The number of aliphatic carboxylic acids is 1. The maximum atomic E-state index is 13.9. The van der Waals surface area contributed by atoms with E-state index < -0.39 is 34.9 Å². The Bertz CT molecular complexity index is 1130. The molecule has 0 aliphatic carbocycles. The molecule has 0 aliphatic heterocycles. The molecule has 0 unspecified atom stereocenters. The minimum atomic E-state index is -1.04. The molecule has 11 nitrogen and oxygen atoms in total. The largest absolute Gasteiger partial charge is 0.491 e. The zero-order chi connectivity index (χ0) is 35.8. The first-order valence-corrected chi connectivity index (χ1v) is 16.9. The molecule has 0 saturated carbocycles. The molecule has 3 N–H and O–H groups in total. The molecule has 12 heteroatoms. The van der Waals surface area contributed by atoms with Gasteiger partial charge >= 0.3 is 5.97 Å². The molecule has 0 bridgehead atoms. The first-order chi connectivity index (χ1) is 22.0. The summed E-state index contributed by atoms with van der Waals surface area (Å²) in [6.45, 7) is 18.4. The van der Waals surface area contributed by atoms with Crippen LogP contribution in [0.4, 0.5) is 0 Å². The highest BCUT2D eigenvalue weighted by Crippen LogP contribution is 2.30. The molecule has 0 spiro atoms. The number of carbonyl (C=O) groups excluding carboxylic acids is 2. The summed E-state index contributed by atoms with van der Waals surface area (Å²) in [5.74, 6) is -0.316. The number of carboxylic acids is 1. The maximum absolute atomic E-state index is 13.9. The number of nitrogens with zero attached hydrogens (tertiary/aromatic N) is 1. The average Bonchev–Trinajstić information content (AvgIpc) is 3.00. The van der Waals surface area contributed by atoms with Gasteiger partial charge in [0.25, 0.3) is 0 Å². The number of amides is 2. The Morgan fingerprint density at radius 1 is 0.894 bits per heavy atom. The van der Waals surface area contributed by atoms with Gasteiger partial charge in [-0.2, -0.15) is 12.6 Å². The summed E-state index contributed by atoms with van der Waals surface area (Å²) in [6, 6.07) is 5.61.